The lowest BCUT2D eigenvalue weighted by molar-refractivity contribution is -0.135. The fraction of sp³-hybridized carbons (Fsp3) is 0.414. The van der Waals surface area contributed by atoms with Crippen LogP contribution >= 0.6 is 0 Å². The minimum absolute atomic E-state index is 0.0515. The highest BCUT2D eigenvalue weighted by Gasteiger charge is 2.41. The van der Waals surface area contributed by atoms with Crippen LogP contribution in [0.2, 0.25) is 0 Å². The molecule has 0 aliphatic carbocycles. The van der Waals surface area contributed by atoms with E-state index in [9.17, 15) is 14.4 Å². The van der Waals surface area contributed by atoms with Gasteiger partial charge in [-0.1, -0.05) is 36.4 Å². The summed E-state index contributed by atoms with van der Waals surface area (Å²) in [5, 5.41) is 8.91. The number of ether oxygens (including phenoxy) is 1. The second kappa shape index (κ2) is 12.1. The van der Waals surface area contributed by atoms with Crippen LogP contribution in [0.5, 0.6) is 5.75 Å². The van der Waals surface area contributed by atoms with Gasteiger partial charge in [-0.05, 0) is 69.0 Å². The van der Waals surface area contributed by atoms with E-state index in [1.165, 1.54) is 0 Å². The molecule has 0 aromatic heterocycles. The number of benzene rings is 2. The number of hydrogen-bond donors (Lipinski definition) is 3. The molecule has 1 fully saturated rings. The van der Waals surface area contributed by atoms with Gasteiger partial charge in [0, 0.05) is 25.3 Å². The van der Waals surface area contributed by atoms with Crippen molar-refractivity contribution >= 4 is 23.4 Å². The van der Waals surface area contributed by atoms with Gasteiger partial charge in [-0.3, -0.25) is 19.3 Å². The number of aryl methyl sites for hydroxylation is 2. The Hall–Kier alpha value is -3.65. The van der Waals surface area contributed by atoms with E-state index in [1.54, 1.807) is 18.2 Å². The molecule has 2 aliphatic heterocycles. The number of likely N-dealkylation sites (tertiary alicyclic amines) is 1. The molecule has 4 rings (SSSR count). The van der Waals surface area contributed by atoms with Gasteiger partial charge in [0.25, 0.3) is 5.91 Å². The quantitative estimate of drug-likeness (QED) is 0.558. The molecule has 1 spiro atoms. The monoisotopic (exact) mass is 504 g/mol. The van der Waals surface area contributed by atoms with Gasteiger partial charge in [0.1, 0.15) is 12.4 Å². The number of piperidine rings is 1. The maximum Gasteiger partial charge on any atom is 0.255 e. The Morgan fingerprint density at radius 1 is 1.08 bits per heavy atom. The predicted octanol–water partition coefficient (Wildman–Crippen LogP) is 3.21. The Bertz CT molecular complexity index is 1180. The number of allylic oxidation sites excluding steroid dienone is 1. The molecule has 2 aliphatic rings. The smallest absolute Gasteiger partial charge is 0.255 e. The lowest BCUT2D eigenvalue weighted by Crippen LogP contribution is -2.53. The van der Waals surface area contributed by atoms with E-state index in [-0.39, 0.29) is 24.3 Å². The molecular weight excluding hydrogens is 468 g/mol. The van der Waals surface area contributed by atoms with Crippen LogP contribution in [-0.4, -0.2) is 62.0 Å². The van der Waals surface area contributed by atoms with Gasteiger partial charge in [0.2, 0.25) is 11.8 Å². The molecule has 0 saturated carbocycles. The minimum atomic E-state index is -0.652. The first-order valence-corrected chi connectivity index (χ1v) is 12.9. The minimum Gasteiger partial charge on any atom is -0.489 e. The fourth-order valence-electron chi connectivity index (χ4n) is 5.00. The van der Waals surface area contributed by atoms with Crippen molar-refractivity contribution in [3.63, 3.8) is 0 Å². The molecule has 2 heterocycles. The van der Waals surface area contributed by atoms with Crippen molar-refractivity contribution < 1.29 is 19.1 Å². The van der Waals surface area contributed by atoms with Gasteiger partial charge in [-0.25, -0.2) is 0 Å². The normalized spacial score (nSPS) is 22.1. The number of fused-ring (bicyclic) bond motifs is 1. The van der Waals surface area contributed by atoms with Gasteiger partial charge in [-0.15, -0.1) is 0 Å². The van der Waals surface area contributed by atoms with E-state index < -0.39 is 5.41 Å². The van der Waals surface area contributed by atoms with Gasteiger partial charge in [0.15, 0.2) is 0 Å². The summed E-state index contributed by atoms with van der Waals surface area (Å²) in [7, 11) is 0. The Labute approximate surface area is 218 Å². The number of nitrogens with zero attached hydrogens (tertiary/aromatic N) is 1. The summed E-state index contributed by atoms with van der Waals surface area (Å²) in [6.07, 6.45) is 5.97. The van der Waals surface area contributed by atoms with Crippen molar-refractivity contribution in [2.24, 2.45) is 5.41 Å². The molecule has 2 aromatic rings. The summed E-state index contributed by atoms with van der Waals surface area (Å²) >= 11 is 0. The van der Waals surface area contributed by atoms with E-state index in [4.69, 9.17) is 4.74 Å². The number of hydrogen-bond acceptors (Lipinski definition) is 5. The molecule has 3 amide bonds. The highest BCUT2D eigenvalue weighted by molar-refractivity contribution is 5.97. The number of para-hydroxylation sites is 1. The molecule has 0 radical (unpaired) electrons. The number of anilines is 1. The lowest BCUT2D eigenvalue weighted by Gasteiger charge is -2.41. The summed E-state index contributed by atoms with van der Waals surface area (Å²) in [5.41, 5.74) is 2.74. The Morgan fingerprint density at radius 2 is 1.89 bits per heavy atom. The largest absolute Gasteiger partial charge is 0.489 e. The van der Waals surface area contributed by atoms with Crippen molar-refractivity contribution in [3.8, 4) is 5.75 Å². The van der Waals surface area contributed by atoms with Crippen molar-refractivity contribution in [2.45, 2.75) is 33.1 Å². The molecule has 8 nitrogen and oxygen atoms in total. The summed E-state index contributed by atoms with van der Waals surface area (Å²) < 4.78 is 5.84. The number of nitrogens with one attached hydrogen (secondary N) is 3. The van der Waals surface area contributed by atoms with Crippen LogP contribution in [0.1, 0.15) is 40.7 Å². The van der Waals surface area contributed by atoms with Crippen LogP contribution in [0.4, 0.5) is 5.69 Å². The molecule has 8 heteroatoms. The third-order valence-corrected chi connectivity index (χ3v) is 7.01. The molecule has 1 atom stereocenters. The predicted molar refractivity (Wildman–Crippen MR) is 144 cm³/mol. The number of amides is 3. The summed E-state index contributed by atoms with van der Waals surface area (Å²) in [4.78, 5) is 41.0. The topological polar surface area (TPSA) is 99.8 Å². The SMILES string of the molecule is Cc1ccc(C)c(NC(=O)CN2CCCC3(C/C=C\COc4ccccc4C(=O)NCCNC3=O)C2)c1. The Balaban J connectivity index is 1.44. The van der Waals surface area contributed by atoms with Crippen molar-refractivity contribution in [1.82, 2.24) is 15.5 Å². The van der Waals surface area contributed by atoms with Crippen LogP contribution in [-0.2, 0) is 9.59 Å². The second-order valence-electron chi connectivity index (χ2n) is 9.96. The zero-order valence-corrected chi connectivity index (χ0v) is 21.6. The molecule has 2 aromatic carbocycles. The van der Waals surface area contributed by atoms with E-state index in [0.717, 1.165) is 36.2 Å². The first-order valence-electron chi connectivity index (χ1n) is 12.9. The molecule has 196 valence electrons. The zero-order chi connectivity index (χ0) is 26.3. The third kappa shape index (κ3) is 6.77. The number of carbonyl (C=O) groups excluding carboxylic acids is 3. The van der Waals surface area contributed by atoms with Crippen LogP contribution in [0.25, 0.3) is 0 Å². The molecule has 0 bridgehead atoms. The van der Waals surface area contributed by atoms with E-state index >= 15 is 0 Å². The average molecular weight is 505 g/mol. The van der Waals surface area contributed by atoms with Crippen molar-refractivity contribution in [3.05, 3.63) is 71.3 Å². The van der Waals surface area contributed by atoms with Gasteiger partial charge < -0.3 is 20.7 Å². The first kappa shape index (κ1) is 26.4. The van der Waals surface area contributed by atoms with Crippen molar-refractivity contribution in [2.75, 3.05) is 44.6 Å². The summed E-state index contributed by atoms with van der Waals surface area (Å²) in [6, 6.07) is 13.1. The van der Waals surface area contributed by atoms with Crippen LogP contribution in [0.3, 0.4) is 0 Å². The van der Waals surface area contributed by atoms with E-state index in [2.05, 4.69) is 20.9 Å². The van der Waals surface area contributed by atoms with Crippen LogP contribution in [0, 0.1) is 19.3 Å². The van der Waals surface area contributed by atoms with Gasteiger partial charge in [0.05, 0.1) is 17.5 Å². The van der Waals surface area contributed by atoms with Gasteiger partial charge >= 0.3 is 0 Å². The molecule has 1 saturated heterocycles. The van der Waals surface area contributed by atoms with Gasteiger partial charge in [-0.2, -0.15) is 0 Å². The molecule has 37 heavy (non-hydrogen) atoms. The zero-order valence-electron chi connectivity index (χ0n) is 21.6. The standard InChI is InChI=1S/C29H36N4O4/c1-21-10-11-22(2)24(18-21)32-26(34)19-33-16-7-13-29(20-33)12-5-6-17-37-25-9-4-3-8-23(25)27(35)30-14-15-31-28(29)36/h3-6,8-11,18H,7,12-17,19-20H2,1-2H3,(H,30,35)(H,31,36)(H,32,34)/b6-5-. The fourth-order valence-corrected chi connectivity index (χ4v) is 5.00. The Morgan fingerprint density at radius 3 is 2.76 bits per heavy atom. The Kier molecular flexibility index (Phi) is 8.61. The third-order valence-electron chi connectivity index (χ3n) is 7.01. The number of carbonyl (C=O) groups is 3. The second-order valence-corrected chi connectivity index (χ2v) is 9.96. The molecule has 1 unspecified atom stereocenters. The average Bonchev–Trinajstić information content (AvgIpc) is 2.88. The summed E-state index contributed by atoms with van der Waals surface area (Å²) in [5.74, 6) is 0.153. The van der Waals surface area contributed by atoms with E-state index in [1.807, 2.05) is 50.3 Å². The number of rotatable bonds is 3. The maximum atomic E-state index is 13.4. The van der Waals surface area contributed by atoms with Crippen LogP contribution < -0.4 is 20.7 Å². The molecule has 3 N–H and O–H groups in total. The highest BCUT2D eigenvalue weighted by Crippen LogP contribution is 2.34. The van der Waals surface area contributed by atoms with E-state index in [0.29, 0.717) is 44.0 Å². The summed E-state index contributed by atoms with van der Waals surface area (Å²) in [6.45, 7) is 6.37. The maximum absolute atomic E-state index is 13.4. The highest BCUT2D eigenvalue weighted by atomic mass is 16.5. The van der Waals surface area contributed by atoms with Crippen LogP contribution in [0.15, 0.2) is 54.6 Å². The first-order chi connectivity index (χ1) is 17.9. The van der Waals surface area contributed by atoms with Crippen molar-refractivity contribution in [1.29, 1.82) is 0 Å². The molecular formula is C29H36N4O4. The lowest BCUT2D eigenvalue weighted by atomic mass is 9.76.